The van der Waals surface area contributed by atoms with Gasteiger partial charge in [-0.25, -0.2) is 8.42 Å². The molecule has 1 saturated heterocycles. The maximum atomic E-state index is 12.6. The maximum absolute atomic E-state index is 12.6. The number of amides is 2. The highest BCUT2D eigenvalue weighted by Gasteiger charge is 2.33. The summed E-state index contributed by atoms with van der Waals surface area (Å²) in [5.41, 5.74) is 0.548. The zero-order valence-corrected chi connectivity index (χ0v) is 15.2. The summed E-state index contributed by atoms with van der Waals surface area (Å²) in [5.74, 6) is -0.590. The molecule has 1 aliphatic rings. The molecule has 2 amide bonds. The van der Waals surface area contributed by atoms with E-state index in [0.717, 1.165) is 0 Å². The highest BCUT2D eigenvalue weighted by atomic mass is 32.2. The van der Waals surface area contributed by atoms with Crippen LogP contribution in [-0.4, -0.2) is 75.0 Å². The predicted molar refractivity (Wildman–Crippen MR) is 92.2 cm³/mol. The first kappa shape index (κ1) is 19.3. The summed E-state index contributed by atoms with van der Waals surface area (Å²) in [5, 5.41) is 2.73. The number of carbonyl (C=O) groups is 2. The third kappa shape index (κ3) is 5.23. The van der Waals surface area contributed by atoms with E-state index in [-0.39, 0.29) is 40.5 Å². The third-order valence-electron chi connectivity index (χ3n) is 4.13. The van der Waals surface area contributed by atoms with E-state index in [0.29, 0.717) is 26.0 Å². The average molecular weight is 369 g/mol. The van der Waals surface area contributed by atoms with E-state index in [1.54, 1.807) is 14.2 Å². The van der Waals surface area contributed by atoms with E-state index in [1.165, 1.54) is 23.4 Å². The fraction of sp³-hybridized carbons (Fsp3) is 0.562. The average Bonchev–Trinajstić information content (AvgIpc) is 2.97. The van der Waals surface area contributed by atoms with Crippen molar-refractivity contribution in [3.63, 3.8) is 0 Å². The first-order valence-corrected chi connectivity index (χ1v) is 9.86. The summed E-state index contributed by atoms with van der Waals surface area (Å²) in [6.45, 7) is 1.01. The minimum atomic E-state index is -3.08. The van der Waals surface area contributed by atoms with Crippen molar-refractivity contribution < 1.29 is 22.7 Å². The van der Waals surface area contributed by atoms with Crippen molar-refractivity contribution >= 4 is 21.7 Å². The van der Waals surface area contributed by atoms with E-state index < -0.39 is 9.84 Å². The molecule has 1 unspecified atom stereocenters. The van der Waals surface area contributed by atoms with E-state index in [1.807, 2.05) is 0 Å². The van der Waals surface area contributed by atoms with Crippen LogP contribution in [-0.2, 0) is 14.6 Å². The number of sulfone groups is 1. The summed E-state index contributed by atoms with van der Waals surface area (Å²) >= 11 is 0. The molecule has 0 bridgehead atoms. The summed E-state index contributed by atoms with van der Waals surface area (Å²) in [6, 6.07) is 1.13. The molecule has 8 nitrogen and oxygen atoms in total. The Balaban J connectivity index is 2.02. The number of methoxy groups -OCH3 is 1. The van der Waals surface area contributed by atoms with Crippen LogP contribution in [0.25, 0.3) is 0 Å². The lowest BCUT2D eigenvalue weighted by Gasteiger charge is -2.23. The van der Waals surface area contributed by atoms with Crippen LogP contribution in [0.15, 0.2) is 18.5 Å². The van der Waals surface area contributed by atoms with Crippen LogP contribution >= 0.6 is 0 Å². The van der Waals surface area contributed by atoms with Crippen molar-refractivity contribution in [2.45, 2.75) is 18.9 Å². The Hall–Kier alpha value is -2.00. The zero-order valence-electron chi connectivity index (χ0n) is 14.4. The van der Waals surface area contributed by atoms with Gasteiger partial charge in [-0.3, -0.25) is 14.6 Å². The van der Waals surface area contributed by atoms with Crippen molar-refractivity contribution in [3.8, 4) is 0 Å². The van der Waals surface area contributed by atoms with Gasteiger partial charge in [0.25, 0.3) is 11.8 Å². The Morgan fingerprint density at radius 2 is 2.08 bits per heavy atom. The van der Waals surface area contributed by atoms with Crippen molar-refractivity contribution in [3.05, 3.63) is 29.6 Å². The van der Waals surface area contributed by atoms with Gasteiger partial charge in [0, 0.05) is 45.7 Å². The van der Waals surface area contributed by atoms with Gasteiger partial charge in [-0.05, 0) is 18.9 Å². The van der Waals surface area contributed by atoms with Crippen LogP contribution in [0.2, 0.25) is 0 Å². The molecule has 138 valence electrons. The zero-order chi connectivity index (χ0) is 18.4. The highest BCUT2D eigenvalue weighted by Crippen LogP contribution is 2.18. The molecule has 0 radical (unpaired) electrons. The molecule has 1 aromatic heterocycles. The van der Waals surface area contributed by atoms with Gasteiger partial charge in [0.2, 0.25) is 0 Å². The number of aromatic nitrogens is 1. The molecule has 1 aromatic rings. The van der Waals surface area contributed by atoms with Gasteiger partial charge in [-0.15, -0.1) is 0 Å². The Labute approximate surface area is 147 Å². The monoisotopic (exact) mass is 369 g/mol. The number of hydrogen-bond donors (Lipinski definition) is 1. The lowest BCUT2D eigenvalue weighted by atomic mass is 10.1. The first-order chi connectivity index (χ1) is 11.8. The van der Waals surface area contributed by atoms with Gasteiger partial charge >= 0.3 is 0 Å². The number of pyridine rings is 1. The number of nitrogens with one attached hydrogen (secondary N) is 1. The molecule has 2 heterocycles. The maximum Gasteiger partial charge on any atom is 0.255 e. The normalized spacial score (nSPS) is 18.7. The fourth-order valence-corrected chi connectivity index (χ4v) is 4.43. The van der Waals surface area contributed by atoms with Gasteiger partial charge in [0.1, 0.15) is 0 Å². The standard InChI is InChI=1S/C16H23N3O5S/c1-19(14-4-7-25(22,23)11-14)16(21)13-8-12(9-17-10-13)15(20)18-5-3-6-24-2/h8-10,14H,3-7,11H2,1-2H3,(H,18,20). The number of nitrogens with zero attached hydrogens (tertiary/aromatic N) is 2. The summed E-state index contributed by atoms with van der Waals surface area (Å²) in [7, 11) is 0.0882. The Kier molecular flexibility index (Phi) is 6.49. The minimum absolute atomic E-state index is 0.0255. The molecule has 0 spiro atoms. The second-order valence-corrected chi connectivity index (χ2v) is 8.27. The van der Waals surface area contributed by atoms with E-state index in [2.05, 4.69) is 10.3 Å². The van der Waals surface area contributed by atoms with Crippen LogP contribution < -0.4 is 5.32 Å². The van der Waals surface area contributed by atoms with Gasteiger partial charge in [-0.1, -0.05) is 0 Å². The minimum Gasteiger partial charge on any atom is -0.385 e. The molecular weight excluding hydrogens is 346 g/mol. The largest absolute Gasteiger partial charge is 0.385 e. The second-order valence-electron chi connectivity index (χ2n) is 6.04. The Bertz CT molecular complexity index is 735. The van der Waals surface area contributed by atoms with Crippen molar-refractivity contribution in [1.29, 1.82) is 0 Å². The smallest absolute Gasteiger partial charge is 0.255 e. The van der Waals surface area contributed by atoms with Gasteiger partial charge in [-0.2, -0.15) is 0 Å². The van der Waals surface area contributed by atoms with Crippen LogP contribution in [0.4, 0.5) is 0 Å². The van der Waals surface area contributed by atoms with Crippen molar-refractivity contribution in [1.82, 2.24) is 15.2 Å². The first-order valence-electron chi connectivity index (χ1n) is 8.04. The van der Waals surface area contributed by atoms with Crippen molar-refractivity contribution in [2.75, 3.05) is 38.8 Å². The third-order valence-corrected chi connectivity index (χ3v) is 5.88. The lowest BCUT2D eigenvalue weighted by Crippen LogP contribution is -2.38. The van der Waals surface area contributed by atoms with Gasteiger partial charge in [0.15, 0.2) is 9.84 Å². The quantitative estimate of drug-likeness (QED) is 0.684. The molecule has 1 fully saturated rings. The fourth-order valence-electron chi connectivity index (χ4n) is 2.65. The summed E-state index contributed by atoms with van der Waals surface area (Å²) in [4.78, 5) is 30.0. The molecular formula is C16H23N3O5S. The number of carbonyl (C=O) groups excluding carboxylic acids is 2. The number of ether oxygens (including phenoxy) is 1. The van der Waals surface area contributed by atoms with Crippen molar-refractivity contribution in [2.24, 2.45) is 0 Å². The topological polar surface area (TPSA) is 106 Å². The molecule has 0 saturated carbocycles. The Morgan fingerprint density at radius 1 is 1.36 bits per heavy atom. The van der Waals surface area contributed by atoms with Crippen LogP contribution in [0.3, 0.4) is 0 Å². The number of rotatable bonds is 7. The summed E-state index contributed by atoms with van der Waals surface area (Å²) < 4.78 is 28.1. The predicted octanol–water partition coefficient (Wildman–Crippen LogP) is 0.107. The van der Waals surface area contributed by atoms with Gasteiger partial charge < -0.3 is 15.0 Å². The molecule has 0 aromatic carbocycles. The second kappa shape index (κ2) is 8.39. The molecule has 9 heteroatoms. The van der Waals surface area contributed by atoms with E-state index >= 15 is 0 Å². The Morgan fingerprint density at radius 3 is 2.72 bits per heavy atom. The van der Waals surface area contributed by atoms with Crippen LogP contribution in [0.1, 0.15) is 33.6 Å². The molecule has 25 heavy (non-hydrogen) atoms. The van der Waals surface area contributed by atoms with Crippen LogP contribution in [0, 0.1) is 0 Å². The van der Waals surface area contributed by atoms with Crippen LogP contribution in [0.5, 0.6) is 0 Å². The lowest BCUT2D eigenvalue weighted by molar-refractivity contribution is 0.0747. The van der Waals surface area contributed by atoms with E-state index in [9.17, 15) is 18.0 Å². The molecule has 1 aliphatic heterocycles. The molecule has 1 N–H and O–H groups in total. The summed E-state index contributed by atoms with van der Waals surface area (Å²) in [6.07, 6.45) is 3.89. The van der Waals surface area contributed by atoms with Gasteiger partial charge in [0.05, 0.1) is 22.6 Å². The van der Waals surface area contributed by atoms with E-state index in [4.69, 9.17) is 4.74 Å². The SMILES string of the molecule is COCCCNC(=O)c1cncc(C(=O)N(C)C2CCS(=O)(=O)C2)c1. The number of hydrogen-bond acceptors (Lipinski definition) is 6. The molecule has 1 atom stereocenters. The molecule has 0 aliphatic carbocycles. The molecule has 2 rings (SSSR count). The highest BCUT2D eigenvalue weighted by molar-refractivity contribution is 7.91.